The minimum Gasteiger partial charge on any atom is -0.478 e. The van der Waals surface area contributed by atoms with Crippen LogP contribution in [0.25, 0.3) is 0 Å². The second-order valence-electron chi connectivity index (χ2n) is 4.23. The van der Waals surface area contributed by atoms with Crippen LogP contribution in [0.1, 0.15) is 20.8 Å². The average Bonchev–Trinajstić information content (AvgIpc) is 2.88. The lowest BCUT2D eigenvalue weighted by Crippen LogP contribution is -2.34. The van der Waals surface area contributed by atoms with Gasteiger partial charge < -0.3 is 15.7 Å². The van der Waals surface area contributed by atoms with Gasteiger partial charge in [0.05, 0.1) is 12.1 Å². The van der Waals surface area contributed by atoms with Crippen LogP contribution in [0.4, 0.5) is 4.79 Å². The molecule has 0 aliphatic heterocycles. The summed E-state index contributed by atoms with van der Waals surface area (Å²) in [7, 11) is 0. The Balaban J connectivity index is 1.78. The Morgan fingerprint density at radius 2 is 1.76 bits per heavy atom. The molecule has 1 aromatic carbocycles. The first-order valence-corrected chi connectivity index (χ1v) is 7.79. The molecule has 0 aliphatic carbocycles. The molecule has 0 unspecified atom stereocenters. The van der Waals surface area contributed by atoms with E-state index in [1.807, 2.05) is 11.4 Å². The molecule has 0 fully saturated rings. The normalized spacial score (nSPS) is 10.1. The first kappa shape index (κ1) is 15.5. The molecule has 0 bridgehead atoms. The van der Waals surface area contributed by atoms with Crippen molar-refractivity contribution in [1.29, 1.82) is 0 Å². The Morgan fingerprint density at radius 3 is 2.33 bits per heavy atom. The molecule has 0 saturated carbocycles. The molecule has 110 valence electrons. The maximum atomic E-state index is 11.7. The largest absolute Gasteiger partial charge is 0.478 e. The minimum absolute atomic E-state index is 0.228. The molecular weight excluding hydrogens is 356 g/mol. The fraction of sp³-hybridized carbons (Fsp3) is 0.143. The molecule has 7 heteroatoms. The second kappa shape index (κ2) is 7.24. The summed E-state index contributed by atoms with van der Waals surface area (Å²) in [6.45, 7) is 0.805. The number of carboxylic acids is 1. The van der Waals surface area contributed by atoms with Gasteiger partial charge in [0.15, 0.2) is 0 Å². The van der Waals surface area contributed by atoms with E-state index >= 15 is 0 Å². The molecule has 0 saturated heterocycles. The Morgan fingerprint density at radius 1 is 1.10 bits per heavy atom. The van der Waals surface area contributed by atoms with Gasteiger partial charge in [0.2, 0.25) is 0 Å². The van der Waals surface area contributed by atoms with E-state index in [2.05, 4.69) is 26.6 Å². The lowest BCUT2D eigenvalue weighted by molar-refractivity contribution is 0.0697. The van der Waals surface area contributed by atoms with Crippen molar-refractivity contribution in [2.75, 3.05) is 0 Å². The summed E-state index contributed by atoms with van der Waals surface area (Å²) in [6, 6.07) is 8.06. The van der Waals surface area contributed by atoms with Crippen molar-refractivity contribution in [1.82, 2.24) is 10.6 Å². The fourth-order valence-electron chi connectivity index (χ4n) is 1.62. The van der Waals surface area contributed by atoms with E-state index in [1.165, 1.54) is 12.1 Å². The molecule has 2 aromatic rings. The highest BCUT2D eigenvalue weighted by atomic mass is 79.9. The predicted octanol–water partition coefficient (Wildman–Crippen LogP) is 3.21. The van der Waals surface area contributed by atoms with Gasteiger partial charge in [-0.25, -0.2) is 9.59 Å². The zero-order valence-electron chi connectivity index (χ0n) is 10.9. The number of rotatable bonds is 5. The average molecular weight is 369 g/mol. The van der Waals surface area contributed by atoms with Crippen LogP contribution in [0.2, 0.25) is 0 Å². The van der Waals surface area contributed by atoms with Gasteiger partial charge in [0, 0.05) is 15.9 Å². The number of halogens is 1. The Labute approximate surface area is 134 Å². The van der Waals surface area contributed by atoms with Gasteiger partial charge in [-0.05, 0) is 45.1 Å². The highest BCUT2D eigenvalue weighted by Crippen LogP contribution is 2.21. The van der Waals surface area contributed by atoms with Crippen LogP contribution in [-0.4, -0.2) is 17.1 Å². The molecule has 0 spiro atoms. The van der Waals surface area contributed by atoms with Crippen LogP contribution < -0.4 is 10.6 Å². The van der Waals surface area contributed by atoms with Gasteiger partial charge in [0.25, 0.3) is 0 Å². The van der Waals surface area contributed by atoms with E-state index in [0.29, 0.717) is 13.1 Å². The summed E-state index contributed by atoms with van der Waals surface area (Å²) in [5.41, 5.74) is 1.07. The number of carbonyl (C=O) groups is 2. The van der Waals surface area contributed by atoms with Crippen molar-refractivity contribution in [3.8, 4) is 0 Å². The van der Waals surface area contributed by atoms with E-state index in [9.17, 15) is 9.59 Å². The summed E-state index contributed by atoms with van der Waals surface area (Å²) in [5.74, 6) is -0.964. The number of aromatic carboxylic acids is 1. The van der Waals surface area contributed by atoms with Crippen molar-refractivity contribution in [3.05, 3.63) is 56.2 Å². The van der Waals surface area contributed by atoms with E-state index in [-0.39, 0.29) is 11.6 Å². The van der Waals surface area contributed by atoms with Gasteiger partial charge in [-0.3, -0.25) is 0 Å². The van der Waals surface area contributed by atoms with E-state index in [1.54, 1.807) is 23.5 Å². The molecule has 5 nitrogen and oxygen atoms in total. The summed E-state index contributed by atoms with van der Waals surface area (Å²) >= 11 is 4.97. The van der Waals surface area contributed by atoms with E-state index in [4.69, 9.17) is 5.11 Å². The number of hydrogen-bond donors (Lipinski definition) is 3. The van der Waals surface area contributed by atoms with Crippen LogP contribution in [0, 0.1) is 0 Å². The van der Waals surface area contributed by atoms with Crippen LogP contribution in [-0.2, 0) is 13.1 Å². The van der Waals surface area contributed by atoms with Crippen LogP contribution in [0.15, 0.2) is 40.2 Å². The number of carbonyl (C=O) groups excluding carboxylic acids is 1. The number of benzene rings is 1. The third-order valence-electron chi connectivity index (χ3n) is 2.75. The summed E-state index contributed by atoms with van der Waals surface area (Å²) in [4.78, 5) is 23.4. The SMILES string of the molecule is O=C(NCc1ccc(C(=O)O)cc1)NCc1sccc1Br. The first-order valence-electron chi connectivity index (χ1n) is 6.12. The molecule has 3 N–H and O–H groups in total. The highest BCUT2D eigenvalue weighted by Gasteiger charge is 2.05. The highest BCUT2D eigenvalue weighted by molar-refractivity contribution is 9.10. The van der Waals surface area contributed by atoms with Crippen LogP contribution >= 0.6 is 27.3 Å². The van der Waals surface area contributed by atoms with Gasteiger partial charge in [0.1, 0.15) is 0 Å². The molecule has 0 aliphatic rings. The Bertz CT molecular complexity index is 640. The van der Waals surface area contributed by atoms with Crippen molar-refractivity contribution in [2.24, 2.45) is 0 Å². The van der Waals surface area contributed by atoms with E-state index < -0.39 is 5.97 Å². The smallest absolute Gasteiger partial charge is 0.335 e. The molecule has 0 atom stereocenters. The number of hydrogen-bond acceptors (Lipinski definition) is 3. The van der Waals surface area contributed by atoms with Crippen LogP contribution in [0.3, 0.4) is 0 Å². The van der Waals surface area contributed by atoms with Crippen molar-refractivity contribution >= 4 is 39.3 Å². The summed E-state index contributed by atoms with van der Waals surface area (Å²) in [6.07, 6.45) is 0. The molecule has 2 amide bonds. The molecule has 21 heavy (non-hydrogen) atoms. The third kappa shape index (κ3) is 4.57. The molecule has 0 radical (unpaired) electrons. The lowest BCUT2D eigenvalue weighted by Gasteiger charge is -2.07. The summed E-state index contributed by atoms with van der Waals surface area (Å²) in [5, 5.41) is 16.2. The standard InChI is InChI=1S/C14H13BrN2O3S/c15-11-5-6-21-12(11)8-17-14(20)16-7-9-1-3-10(4-2-9)13(18)19/h1-6H,7-8H2,(H,18,19)(H2,16,17,20). The zero-order chi connectivity index (χ0) is 15.2. The number of thiophene rings is 1. The van der Waals surface area contributed by atoms with Gasteiger partial charge in [-0.15, -0.1) is 11.3 Å². The minimum atomic E-state index is -0.964. The maximum absolute atomic E-state index is 11.7. The molecule has 1 aromatic heterocycles. The van der Waals surface area contributed by atoms with Crippen LogP contribution in [0.5, 0.6) is 0 Å². The Kier molecular flexibility index (Phi) is 5.35. The van der Waals surface area contributed by atoms with Crippen molar-refractivity contribution in [3.63, 3.8) is 0 Å². The third-order valence-corrected chi connectivity index (χ3v) is 4.68. The quantitative estimate of drug-likeness (QED) is 0.757. The van der Waals surface area contributed by atoms with Gasteiger partial charge >= 0.3 is 12.0 Å². The fourth-order valence-corrected chi connectivity index (χ4v) is 3.05. The number of nitrogens with one attached hydrogen (secondary N) is 2. The topological polar surface area (TPSA) is 78.4 Å². The summed E-state index contributed by atoms with van der Waals surface area (Å²) < 4.78 is 0.983. The second-order valence-corrected chi connectivity index (χ2v) is 6.09. The monoisotopic (exact) mass is 368 g/mol. The lowest BCUT2D eigenvalue weighted by atomic mass is 10.1. The molecular formula is C14H13BrN2O3S. The van der Waals surface area contributed by atoms with Gasteiger partial charge in [-0.2, -0.15) is 0 Å². The van der Waals surface area contributed by atoms with Gasteiger partial charge in [-0.1, -0.05) is 12.1 Å². The number of amides is 2. The molecule has 2 rings (SSSR count). The maximum Gasteiger partial charge on any atom is 0.335 e. The Hall–Kier alpha value is -1.86. The van der Waals surface area contributed by atoms with E-state index in [0.717, 1.165) is 14.9 Å². The zero-order valence-corrected chi connectivity index (χ0v) is 13.3. The van der Waals surface area contributed by atoms with Crippen molar-refractivity contribution < 1.29 is 14.7 Å². The number of carboxylic acid groups (broad SMARTS) is 1. The predicted molar refractivity (Wildman–Crippen MR) is 84.5 cm³/mol. The van der Waals surface area contributed by atoms with Crippen molar-refractivity contribution in [2.45, 2.75) is 13.1 Å². The first-order chi connectivity index (χ1) is 10.1. The molecule has 1 heterocycles. The number of urea groups is 1.